The van der Waals surface area contributed by atoms with Gasteiger partial charge in [-0.25, -0.2) is 17.9 Å². The molecule has 2 aromatic rings. The minimum atomic E-state index is -3.08. The number of esters is 1. The first-order valence-corrected chi connectivity index (χ1v) is 10.4. The molecule has 1 atom stereocenters. The average molecular weight is 391 g/mol. The van der Waals surface area contributed by atoms with Crippen LogP contribution in [0.25, 0.3) is 0 Å². The van der Waals surface area contributed by atoms with Gasteiger partial charge in [-0.15, -0.1) is 0 Å². The van der Waals surface area contributed by atoms with Crippen LogP contribution in [-0.4, -0.2) is 48.2 Å². The van der Waals surface area contributed by atoms with Crippen LogP contribution in [0.3, 0.4) is 0 Å². The van der Waals surface area contributed by atoms with Gasteiger partial charge in [0.2, 0.25) is 0 Å². The number of nitrogens with one attached hydrogen (secondary N) is 1. The summed E-state index contributed by atoms with van der Waals surface area (Å²) < 4.78 is 30.0. The molecule has 1 saturated heterocycles. The largest absolute Gasteiger partial charge is 0.452 e. The number of amides is 1. The molecule has 0 radical (unpaired) electrons. The molecule has 1 fully saturated rings. The van der Waals surface area contributed by atoms with Crippen molar-refractivity contribution in [2.45, 2.75) is 26.3 Å². The van der Waals surface area contributed by atoms with Crippen LogP contribution in [0.5, 0.6) is 0 Å². The Bertz CT molecular complexity index is 981. The lowest BCUT2D eigenvalue weighted by Gasteiger charge is -2.14. The molecule has 1 aliphatic heterocycles. The number of hydrogen-bond donors (Lipinski definition) is 1. The van der Waals surface area contributed by atoms with Crippen LogP contribution in [-0.2, 0) is 19.4 Å². The number of rotatable bonds is 5. The van der Waals surface area contributed by atoms with Crippen LogP contribution < -0.4 is 5.32 Å². The zero-order chi connectivity index (χ0) is 19.6. The first kappa shape index (κ1) is 19.1. The highest BCUT2D eigenvalue weighted by Crippen LogP contribution is 2.27. The summed E-state index contributed by atoms with van der Waals surface area (Å²) >= 11 is 0. The van der Waals surface area contributed by atoms with E-state index in [2.05, 4.69) is 10.4 Å². The topological polar surface area (TPSA) is 107 Å². The monoisotopic (exact) mass is 391 g/mol. The zero-order valence-electron chi connectivity index (χ0n) is 15.1. The molecule has 0 saturated carbocycles. The Morgan fingerprint density at radius 3 is 2.74 bits per heavy atom. The summed E-state index contributed by atoms with van der Waals surface area (Å²) in [5.74, 6) is -0.596. The molecule has 9 heteroatoms. The zero-order valence-corrected chi connectivity index (χ0v) is 16.0. The van der Waals surface area contributed by atoms with Crippen molar-refractivity contribution in [3.05, 3.63) is 47.2 Å². The number of hydrogen-bond acceptors (Lipinski definition) is 6. The van der Waals surface area contributed by atoms with Crippen molar-refractivity contribution < 1.29 is 22.7 Å². The summed E-state index contributed by atoms with van der Waals surface area (Å²) in [7, 11) is -3.08. The average Bonchev–Trinajstić information content (AvgIpc) is 3.14. The predicted octanol–water partition coefficient (Wildman–Crippen LogP) is 1.66. The van der Waals surface area contributed by atoms with Gasteiger partial charge in [0.1, 0.15) is 5.82 Å². The first-order chi connectivity index (χ1) is 12.7. The van der Waals surface area contributed by atoms with Crippen molar-refractivity contribution in [3.63, 3.8) is 0 Å². The summed E-state index contributed by atoms with van der Waals surface area (Å²) in [6, 6.07) is 8.24. The molecule has 1 aromatic heterocycles. The van der Waals surface area contributed by atoms with Gasteiger partial charge in [-0.05, 0) is 32.4 Å². The Hall–Kier alpha value is -2.68. The number of carbonyl (C=O) groups excluding carboxylic acids is 2. The van der Waals surface area contributed by atoms with Gasteiger partial charge >= 0.3 is 5.97 Å². The van der Waals surface area contributed by atoms with Crippen molar-refractivity contribution >= 4 is 27.5 Å². The highest BCUT2D eigenvalue weighted by Gasteiger charge is 2.31. The van der Waals surface area contributed by atoms with Crippen LogP contribution >= 0.6 is 0 Å². The lowest BCUT2D eigenvalue weighted by Crippen LogP contribution is -2.24. The Morgan fingerprint density at radius 2 is 2.07 bits per heavy atom. The van der Waals surface area contributed by atoms with Gasteiger partial charge in [0, 0.05) is 6.07 Å². The van der Waals surface area contributed by atoms with E-state index in [1.54, 1.807) is 31.2 Å². The summed E-state index contributed by atoms with van der Waals surface area (Å²) in [5, 5.41) is 6.94. The van der Waals surface area contributed by atoms with E-state index < -0.39 is 28.3 Å². The molecular weight excluding hydrogens is 370 g/mol. The molecule has 2 heterocycles. The second-order valence-corrected chi connectivity index (χ2v) is 8.89. The molecule has 8 nitrogen and oxygen atoms in total. The molecule has 0 bridgehead atoms. The number of sulfone groups is 1. The van der Waals surface area contributed by atoms with Gasteiger partial charge in [-0.3, -0.25) is 4.79 Å². The normalized spacial score (nSPS) is 18.2. The van der Waals surface area contributed by atoms with E-state index in [0.29, 0.717) is 23.5 Å². The SMILES string of the molecule is Cc1cccc(C(=O)OCC(=O)Nc2cc(C)nn2C2CCS(=O)(=O)C2)c1. The van der Waals surface area contributed by atoms with Crippen LogP contribution in [0, 0.1) is 13.8 Å². The molecule has 3 rings (SSSR count). The van der Waals surface area contributed by atoms with E-state index in [1.165, 1.54) is 4.68 Å². The van der Waals surface area contributed by atoms with Crippen molar-refractivity contribution in [2.75, 3.05) is 23.4 Å². The number of anilines is 1. The van der Waals surface area contributed by atoms with E-state index in [-0.39, 0.29) is 17.5 Å². The lowest BCUT2D eigenvalue weighted by molar-refractivity contribution is -0.119. The molecule has 0 spiro atoms. The minimum absolute atomic E-state index is 0.000660. The quantitative estimate of drug-likeness (QED) is 0.777. The summed E-state index contributed by atoms with van der Waals surface area (Å²) in [5.41, 5.74) is 1.95. The number of ether oxygens (including phenoxy) is 1. The fraction of sp³-hybridized carbons (Fsp3) is 0.389. The summed E-state index contributed by atoms with van der Waals surface area (Å²) in [6.45, 7) is 3.17. The van der Waals surface area contributed by atoms with E-state index >= 15 is 0 Å². The fourth-order valence-corrected chi connectivity index (χ4v) is 4.71. The number of carbonyl (C=O) groups is 2. The maximum atomic E-state index is 12.2. The molecule has 1 amide bonds. The van der Waals surface area contributed by atoms with E-state index in [4.69, 9.17) is 4.74 Å². The number of aromatic nitrogens is 2. The number of benzene rings is 1. The van der Waals surface area contributed by atoms with Crippen LogP contribution in [0.4, 0.5) is 5.82 Å². The molecule has 1 aromatic carbocycles. The van der Waals surface area contributed by atoms with Gasteiger partial charge in [-0.1, -0.05) is 17.7 Å². The van der Waals surface area contributed by atoms with Crippen LogP contribution in [0.1, 0.15) is 34.1 Å². The number of aryl methyl sites for hydroxylation is 2. The highest BCUT2D eigenvalue weighted by atomic mass is 32.2. The predicted molar refractivity (Wildman–Crippen MR) is 99.4 cm³/mol. The van der Waals surface area contributed by atoms with E-state index in [9.17, 15) is 18.0 Å². The molecule has 1 aliphatic rings. The second kappa shape index (κ2) is 7.51. The van der Waals surface area contributed by atoms with Crippen LogP contribution in [0.15, 0.2) is 30.3 Å². The maximum Gasteiger partial charge on any atom is 0.338 e. The van der Waals surface area contributed by atoms with Gasteiger partial charge in [-0.2, -0.15) is 5.10 Å². The first-order valence-electron chi connectivity index (χ1n) is 8.54. The van der Waals surface area contributed by atoms with Gasteiger partial charge < -0.3 is 10.1 Å². The van der Waals surface area contributed by atoms with Gasteiger partial charge in [0.15, 0.2) is 16.4 Å². The maximum absolute atomic E-state index is 12.2. The smallest absolute Gasteiger partial charge is 0.338 e. The third-order valence-corrected chi connectivity index (χ3v) is 6.02. The Kier molecular flexibility index (Phi) is 5.31. The van der Waals surface area contributed by atoms with Crippen molar-refractivity contribution in [3.8, 4) is 0 Å². The van der Waals surface area contributed by atoms with Crippen molar-refractivity contribution in [2.24, 2.45) is 0 Å². The molecule has 1 N–H and O–H groups in total. The van der Waals surface area contributed by atoms with Crippen molar-refractivity contribution in [1.82, 2.24) is 9.78 Å². The molecule has 144 valence electrons. The Labute approximate surface area is 157 Å². The highest BCUT2D eigenvalue weighted by molar-refractivity contribution is 7.91. The Morgan fingerprint density at radius 1 is 1.30 bits per heavy atom. The third-order valence-electron chi connectivity index (χ3n) is 4.27. The molecule has 27 heavy (non-hydrogen) atoms. The Balaban J connectivity index is 1.62. The van der Waals surface area contributed by atoms with Gasteiger partial charge in [0.05, 0.1) is 28.8 Å². The standard InChI is InChI=1S/C18H21N3O5S/c1-12-4-3-5-14(8-12)18(23)26-10-17(22)19-16-9-13(2)20-21(16)15-6-7-27(24,25)11-15/h3-5,8-9,15H,6-7,10-11H2,1-2H3,(H,19,22). The summed E-state index contributed by atoms with van der Waals surface area (Å²) in [6.07, 6.45) is 0.453. The van der Waals surface area contributed by atoms with Gasteiger partial charge in [0.25, 0.3) is 5.91 Å². The minimum Gasteiger partial charge on any atom is -0.452 e. The van der Waals surface area contributed by atoms with Crippen molar-refractivity contribution in [1.29, 1.82) is 0 Å². The lowest BCUT2D eigenvalue weighted by atomic mass is 10.1. The fourth-order valence-electron chi connectivity index (χ4n) is 3.02. The van der Waals surface area contributed by atoms with Crippen LogP contribution in [0.2, 0.25) is 0 Å². The molecular formula is C18H21N3O5S. The third kappa shape index (κ3) is 4.73. The molecule has 0 aliphatic carbocycles. The number of nitrogens with zero attached hydrogens (tertiary/aromatic N) is 2. The van der Waals surface area contributed by atoms with E-state index in [0.717, 1.165) is 5.56 Å². The molecule has 1 unspecified atom stereocenters. The van der Waals surface area contributed by atoms with E-state index in [1.807, 2.05) is 13.0 Å². The second-order valence-electron chi connectivity index (χ2n) is 6.67. The summed E-state index contributed by atoms with van der Waals surface area (Å²) in [4.78, 5) is 24.2.